The first-order valence-electron chi connectivity index (χ1n) is 8.51. The van der Waals surface area contributed by atoms with Gasteiger partial charge in [0.2, 0.25) is 5.91 Å². The molecule has 1 N–H and O–H groups in total. The molecule has 0 saturated heterocycles. The van der Waals surface area contributed by atoms with E-state index in [0.29, 0.717) is 18.6 Å². The van der Waals surface area contributed by atoms with Crippen LogP contribution in [-0.4, -0.2) is 30.4 Å². The molecule has 0 aliphatic carbocycles. The number of hydrogen-bond donors (Lipinski definition) is 1. The van der Waals surface area contributed by atoms with Crippen LogP contribution in [0.25, 0.3) is 0 Å². The summed E-state index contributed by atoms with van der Waals surface area (Å²) < 4.78 is 18.7. The molecular weight excluding hydrogens is 335 g/mol. The van der Waals surface area contributed by atoms with Gasteiger partial charge >= 0.3 is 0 Å². The van der Waals surface area contributed by atoms with Crippen LogP contribution in [-0.2, 0) is 16.0 Å². The number of anilines is 1. The van der Waals surface area contributed by atoms with Crippen LogP contribution >= 0.6 is 0 Å². The van der Waals surface area contributed by atoms with Gasteiger partial charge in [-0.1, -0.05) is 12.1 Å². The molecule has 3 rings (SSSR count). The van der Waals surface area contributed by atoms with E-state index in [4.69, 9.17) is 4.74 Å². The summed E-state index contributed by atoms with van der Waals surface area (Å²) in [5.41, 5.74) is 2.65. The Morgan fingerprint density at radius 2 is 1.96 bits per heavy atom. The molecule has 2 aromatic rings. The van der Waals surface area contributed by atoms with Gasteiger partial charge in [-0.2, -0.15) is 0 Å². The molecule has 6 heteroatoms. The Kier molecular flexibility index (Phi) is 5.21. The highest BCUT2D eigenvalue weighted by Gasteiger charge is 2.19. The summed E-state index contributed by atoms with van der Waals surface area (Å²) in [6.45, 7) is 1.79. The molecule has 0 saturated carbocycles. The van der Waals surface area contributed by atoms with Crippen molar-refractivity contribution >= 4 is 17.5 Å². The lowest BCUT2D eigenvalue weighted by Gasteiger charge is -2.25. The minimum absolute atomic E-state index is 0.0118. The van der Waals surface area contributed by atoms with Crippen LogP contribution in [0.1, 0.15) is 30.5 Å². The minimum atomic E-state index is -0.304. The maximum absolute atomic E-state index is 13.0. The van der Waals surface area contributed by atoms with E-state index in [1.54, 1.807) is 36.2 Å². The SMILES string of the molecule is CC(c1ccc(F)cc1)N(C)C(=O)COc1ccc2c(c1)CCC(=O)N2. The summed E-state index contributed by atoms with van der Waals surface area (Å²) in [6, 6.07) is 11.3. The summed E-state index contributed by atoms with van der Waals surface area (Å²) in [4.78, 5) is 25.4. The summed E-state index contributed by atoms with van der Waals surface area (Å²) in [5, 5.41) is 2.81. The van der Waals surface area contributed by atoms with E-state index < -0.39 is 0 Å². The topological polar surface area (TPSA) is 58.6 Å². The minimum Gasteiger partial charge on any atom is -0.484 e. The third kappa shape index (κ3) is 4.02. The van der Waals surface area contributed by atoms with Crippen molar-refractivity contribution in [1.82, 2.24) is 4.90 Å². The van der Waals surface area contributed by atoms with Gasteiger partial charge < -0.3 is 15.0 Å². The summed E-state index contributed by atoms with van der Waals surface area (Å²) in [5.74, 6) is 0.128. The van der Waals surface area contributed by atoms with Crippen molar-refractivity contribution in [2.45, 2.75) is 25.8 Å². The number of carbonyl (C=O) groups is 2. The lowest BCUT2D eigenvalue weighted by molar-refractivity contribution is -0.134. The molecule has 136 valence electrons. The number of aryl methyl sites for hydroxylation is 1. The first-order chi connectivity index (χ1) is 12.4. The highest BCUT2D eigenvalue weighted by molar-refractivity contribution is 5.94. The molecule has 0 aromatic heterocycles. The number of rotatable bonds is 5. The average molecular weight is 356 g/mol. The fraction of sp³-hybridized carbons (Fsp3) is 0.300. The second-order valence-electron chi connectivity index (χ2n) is 6.39. The summed E-state index contributed by atoms with van der Waals surface area (Å²) >= 11 is 0. The Labute approximate surface area is 151 Å². The van der Waals surface area contributed by atoms with Crippen molar-refractivity contribution < 1.29 is 18.7 Å². The van der Waals surface area contributed by atoms with Gasteiger partial charge in [0.25, 0.3) is 5.91 Å². The molecule has 2 aromatic carbocycles. The van der Waals surface area contributed by atoms with E-state index in [1.807, 2.05) is 13.0 Å². The van der Waals surface area contributed by atoms with Crippen LogP contribution in [0.3, 0.4) is 0 Å². The van der Waals surface area contributed by atoms with E-state index in [-0.39, 0.29) is 30.3 Å². The van der Waals surface area contributed by atoms with Gasteiger partial charge in [-0.15, -0.1) is 0 Å². The molecule has 0 fully saturated rings. The zero-order valence-electron chi connectivity index (χ0n) is 14.8. The second kappa shape index (κ2) is 7.56. The van der Waals surface area contributed by atoms with Crippen LogP contribution in [0.2, 0.25) is 0 Å². The molecule has 5 nitrogen and oxygen atoms in total. The summed E-state index contributed by atoms with van der Waals surface area (Å²) in [7, 11) is 1.70. The molecular formula is C20H21FN2O3. The van der Waals surface area contributed by atoms with Gasteiger partial charge in [0.15, 0.2) is 6.61 Å². The van der Waals surface area contributed by atoms with Crippen molar-refractivity contribution in [1.29, 1.82) is 0 Å². The monoisotopic (exact) mass is 356 g/mol. The maximum Gasteiger partial charge on any atom is 0.260 e. The third-order valence-electron chi connectivity index (χ3n) is 4.66. The molecule has 2 amide bonds. The first-order valence-corrected chi connectivity index (χ1v) is 8.51. The van der Waals surface area contributed by atoms with Crippen molar-refractivity contribution in [3.8, 4) is 5.75 Å². The number of hydrogen-bond acceptors (Lipinski definition) is 3. The Bertz CT molecular complexity index is 820. The normalized spacial score (nSPS) is 14.2. The Balaban J connectivity index is 1.59. The average Bonchev–Trinajstić information content (AvgIpc) is 2.65. The number of carbonyl (C=O) groups excluding carboxylic acids is 2. The quantitative estimate of drug-likeness (QED) is 0.894. The van der Waals surface area contributed by atoms with Crippen LogP contribution < -0.4 is 10.1 Å². The van der Waals surface area contributed by atoms with Crippen LogP contribution in [0.15, 0.2) is 42.5 Å². The van der Waals surface area contributed by atoms with Gasteiger partial charge in [-0.05, 0) is 54.8 Å². The van der Waals surface area contributed by atoms with Crippen LogP contribution in [0, 0.1) is 5.82 Å². The maximum atomic E-state index is 13.0. The predicted octanol–water partition coefficient (Wildman–Crippen LogP) is 3.31. The third-order valence-corrected chi connectivity index (χ3v) is 4.66. The Morgan fingerprint density at radius 3 is 2.69 bits per heavy atom. The van der Waals surface area contributed by atoms with E-state index >= 15 is 0 Å². The Hall–Kier alpha value is -2.89. The lowest BCUT2D eigenvalue weighted by atomic mass is 10.0. The fourth-order valence-corrected chi connectivity index (χ4v) is 2.88. The van der Waals surface area contributed by atoms with E-state index in [0.717, 1.165) is 16.8 Å². The van der Waals surface area contributed by atoms with Crippen molar-refractivity contribution in [2.75, 3.05) is 19.0 Å². The molecule has 1 atom stereocenters. The van der Waals surface area contributed by atoms with Crippen molar-refractivity contribution in [2.24, 2.45) is 0 Å². The van der Waals surface area contributed by atoms with Gasteiger partial charge in [0.1, 0.15) is 11.6 Å². The Morgan fingerprint density at radius 1 is 1.23 bits per heavy atom. The van der Waals surface area contributed by atoms with E-state index in [9.17, 15) is 14.0 Å². The molecule has 1 aliphatic rings. The number of likely N-dealkylation sites (N-methyl/N-ethyl adjacent to an activating group) is 1. The highest BCUT2D eigenvalue weighted by atomic mass is 19.1. The zero-order chi connectivity index (χ0) is 18.7. The second-order valence-corrected chi connectivity index (χ2v) is 6.39. The number of amides is 2. The largest absolute Gasteiger partial charge is 0.484 e. The number of halogens is 1. The molecule has 0 radical (unpaired) electrons. The molecule has 26 heavy (non-hydrogen) atoms. The van der Waals surface area contributed by atoms with E-state index in [1.165, 1.54) is 12.1 Å². The lowest BCUT2D eigenvalue weighted by Crippen LogP contribution is -2.33. The van der Waals surface area contributed by atoms with Gasteiger partial charge in [0, 0.05) is 19.2 Å². The predicted molar refractivity (Wildman–Crippen MR) is 96.5 cm³/mol. The van der Waals surface area contributed by atoms with Gasteiger partial charge in [-0.25, -0.2) is 4.39 Å². The standard InChI is InChI=1S/C20H21FN2O3/c1-13(14-3-6-16(21)7-4-14)23(2)20(25)12-26-17-8-9-18-15(11-17)5-10-19(24)22-18/h3-4,6-9,11,13H,5,10,12H2,1-2H3,(H,22,24). The number of ether oxygens (including phenoxy) is 1. The molecule has 1 heterocycles. The van der Waals surface area contributed by atoms with Crippen molar-refractivity contribution in [3.05, 3.63) is 59.4 Å². The number of nitrogens with zero attached hydrogens (tertiary/aromatic N) is 1. The number of nitrogens with one attached hydrogen (secondary N) is 1. The molecule has 0 bridgehead atoms. The molecule has 1 aliphatic heterocycles. The number of fused-ring (bicyclic) bond motifs is 1. The number of benzene rings is 2. The van der Waals surface area contributed by atoms with E-state index in [2.05, 4.69) is 5.32 Å². The van der Waals surface area contributed by atoms with Crippen LogP contribution in [0.4, 0.5) is 10.1 Å². The first kappa shape index (κ1) is 17.9. The van der Waals surface area contributed by atoms with Gasteiger partial charge in [-0.3, -0.25) is 9.59 Å². The van der Waals surface area contributed by atoms with Gasteiger partial charge in [0.05, 0.1) is 6.04 Å². The zero-order valence-corrected chi connectivity index (χ0v) is 14.8. The van der Waals surface area contributed by atoms with Crippen molar-refractivity contribution in [3.63, 3.8) is 0 Å². The van der Waals surface area contributed by atoms with Crippen LogP contribution in [0.5, 0.6) is 5.75 Å². The molecule has 0 spiro atoms. The smallest absolute Gasteiger partial charge is 0.260 e. The molecule has 1 unspecified atom stereocenters. The fourth-order valence-electron chi connectivity index (χ4n) is 2.88. The highest BCUT2D eigenvalue weighted by Crippen LogP contribution is 2.27. The summed E-state index contributed by atoms with van der Waals surface area (Å²) in [6.07, 6.45) is 1.11.